The van der Waals surface area contributed by atoms with Gasteiger partial charge in [-0.15, -0.1) is 11.3 Å². The lowest BCUT2D eigenvalue weighted by Gasteiger charge is -2.29. The van der Waals surface area contributed by atoms with Crippen molar-refractivity contribution >= 4 is 11.3 Å². The second kappa shape index (κ2) is 5.34. The molecule has 108 valence electrons. The molecule has 0 radical (unpaired) electrons. The van der Waals surface area contributed by atoms with Gasteiger partial charge < -0.3 is 10.1 Å². The van der Waals surface area contributed by atoms with Gasteiger partial charge in [0.25, 0.3) is 0 Å². The number of aromatic nitrogens is 1. The fraction of sp³-hybridized carbons (Fsp3) is 0.727. The van der Waals surface area contributed by atoms with E-state index in [0.29, 0.717) is 31.1 Å². The van der Waals surface area contributed by atoms with Crippen LogP contribution < -0.4 is 5.32 Å². The van der Waals surface area contributed by atoms with E-state index in [4.69, 9.17) is 4.74 Å². The number of morpholine rings is 1. The molecule has 3 nitrogen and oxygen atoms in total. The van der Waals surface area contributed by atoms with Crippen molar-refractivity contribution in [3.63, 3.8) is 0 Å². The van der Waals surface area contributed by atoms with Crippen molar-refractivity contribution in [2.75, 3.05) is 19.8 Å². The number of thiazole rings is 1. The summed E-state index contributed by atoms with van der Waals surface area (Å²) in [6.45, 7) is 2.83. The van der Waals surface area contributed by atoms with Gasteiger partial charge in [-0.2, -0.15) is 13.2 Å². The molecule has 0 bridgehead atoms. The lowest BCUT2D eigenvalue weighted by Crippen LogP contribution is -2.44. The highest BCUT2D eigenvalue weighted by atomic mass is 32.1. The highest BCUT2D eigenvalue weighted by molar-refractivity contribution is 7.11. The molecule has 1 aliphatic rings. The zero-order chi connectivity index (χ0) is 14.1. The van der Waals surface area contributed by atoms with E-state index in [1.165, 1.54) is 6.92 Å². The molecule has 0 aromatic carbocycles. The molecule has 0 spiro atoms. The standard InChI is InChI=1S/C11H14F4N2OS/c1-10(12,4-7-6-18-3-2-16-7)8-5-17-9(19-8)11(13,14)15/h5,7,16H,2-4,6H2,1H3. The Bertz CT molecular complexity index is 427. The van der Waals surface area contributed by atoms with E-state index in [1.54, 1.807) is 0 Å². The Hall–Kier alpha value is -0.730. The van der Waals surface area contributed by atoms with Crippen LogP contribution in [0.25, 0.3) is 0 Å². The zero-order valence-electron chi connectivity index (χ0n) is 10.3. The van der Waals surface area contributed by atoms with E-state index in [1.807, 2.05) is 0 Å². The fourth-order valence-electron chi connectivity index (χ4n) is 1.96. The van der Waals surface area contributed by atoms with Crippen LogP contribution in [0.3, 0.4) is 0 Å². The quantitative estimate of drug-likeness (QED) is 0.871. The number of hydrogen-bond donors (Lipinski definition) is 1. The molecule has 1 aromatic rings. The van der Waals surface area contributed by atoms with Crippen LogP contribution in [0.1, 0.15) is 23.2 Å². The molecular formula is C11H14F4N2OS. The first kappa shape index (κ1) is 14.7. The summed E-state index contributed by atoms with van der Waals surface area (Å²) >= 11 is 0.356. The zero-order valence-corrected chi connectivity index (χ0v) is 11.1. The van der Waals surface area contributed by atoms with Crippen LogP contribution in [0.2, 0.25) is 0 Å². The van der Waals surface area contributed by atoms with Crippen molar-refractivity contribution in [1.82, 2.24) is 10.3 Å². The van der Waals surface area contributed by atoms with E-state index in [2.05, 4.69) is 10.3 Å². The van der Waals surface area contributed by atoms with Crippen LogP contribution in [-0.4, -0.2) is 30.8 Å². The second-order valence-corrected chi connectivity index (χ2v) is 5.69. The smallest absolute Gasteiger partial charge is 0.379 e. The van der Waals surface area contributed by atoms with Crippen LogP contribution in [-0.2, 0) is 16.6 Å². The van der Waals surface area contributed by atoms with Gasteiger partial charge in [0.05, 0.1) is 18.1 Å². The Morgan fingerprint density at radius 1 is 1.47 bits per heavy atom. The van der Waals surface area contributed by atoms with Crippen LogP contribution in [0.4, 0.5) is 17.6 Å². The molecule has 19 heavy (non-hydrogen) atoms. The predicted molar refractivity (Wildman–Crippen MR) is 62.8 cm³/mol. The van der Waals surface area contributed by atoms with Crippen molar-refractivity contribution in [2.24, 2.45) is 0 Å². The Morgan fingerprint density at radius 3 is 2.74 bits per heavy atom. The third kappa shape index (κ3) is 3.64. The number of hydrogen-bond acceptors (Lipinski definition) is 4. The van der Waals surface area contributed by atoms with Crippen LogP contribution in [0.15, 0.2) is 6.20 Å². The summed E-state index contributed by atoms with van der Waals surface area (Å²) in [6.07, 6.45) is -3.49. The molecule has 1 N–H and O–H groups in total. The first-order valence-corrected chi connectivity index (χ1v) is 6.64. The normalized spacial score (nSPS) is 24.2. The molecule has 0 aliphatic carbocycles. The molecule has 1 aliphatic heterocycles. The maximum atomic E-state index is 14.5. The minimum atomic E-state index is -4.52. The largest absolute Gasteiger partial charge is 0.443 e. The van der Waals surface area contributed by atoms with Gasteiger partial charge >= 0.3 is 6.18 Å². The van der Waals surface area contributed by atoms with E-state index in [9.17, 15) is 17.6 Å². The lowest BCUT2D eigenvalue weighted by molar-refractivity contribution is -0.137. The average Bonchev–Trinajstić information content (AvgIpc) is 2.79. The van der Waals surface area contributed by atoms with Gasteiger partial charge in [0.2, 0.25) is 0 Å². The molecule has 2 rings (SSSR count). The van der Waals surface area contributed by atoms with Gasteiger partial charge in [-0.25, -0.2) is 9.37 Å². The average molecular weight is 298 g/mol. The molecule has 1 saturated heterocycles. The van der Waals surface area contributed by atoms with Crippen molar-refractivity contribution in [3.8, 4) is 0 Å². The highest BCUT2D eigenvalue weighted by Gasteiger charge is 2.38. The van der Waals surface area contributed by atoms with Gasteiger partial charge in [-0.3, -0.25) is 0 Å². The van der Waals surface area contributed by atoms with Crippen molar-refractivity contribution < 1.29 is 22.3 Å². The highest BCUT2D eigenvalue weighted by Crippen LogP contribution is 2.39. The number of nitrogens with zero attached hydrogens (tertiary/aromatic N) is 1. The van der Waals surface area contributed by atoms with Gasteiger partial charge in [-0.1, -0.05) is 0 Å². The van der Waals surface area contributed by atoms with Crippen molar-refractivity contribution in [2.45, 2.75) is 31.2 Å². The summed E-state index contributed by atoms with van der Waals surface area (Å²) < 4.78 is 57.0. The summed E-state index contributed by atoms with van der Waals surface area (Å²) in [5.74, 6) is 0. The van der Waals surface area contributed by atoms with Crippen molar-refractivity contribution in [3.05, 3.63) is 16.1 Å². The molecular weight excluding hydrogens is 284 g/mol. The van der Waals surface area contributed by atoms with Crippen LogP contribution in [0.5, 0.6) is 0 Å². The SMILES string of the molecule is CC(F)(CC1COCCN1)c1cnc(C(F)(F)F)s1. The first-order chi connectivity index (χ1) is 8.79. The van der Waals surface area contributed by atoms with E-state index < -0.39 is 16.9 Å². The van der Waals surface area contributed by atoms with Gasteiger partial charge in [0.15, 0.2) is 5.01 Å². The number of rotatable bonds is 3. The summed E-state index contributed by atoms with van der Waals surface area (Å²) in [4.78, 5) is 3.24. The Labute approximate surface area is 112 Å². The van der Waals surface area contributed by atoms with Crippen LogP contribution >= 0.6 is 11.3 Å². The topological polar surface area (TPSA) is 34.1 Å². The lowest BCUT2D eigenvalue weighted by atomic mass is 9.97. The van der Waals surface area contributed by atoms with E-state index in [-0.39, 0.29) is 17.3 Å². The summed E-state index contributed by atoms with van der Waals surface area (Å²) in [5.41, 5.74) is -1.85. The minimum absolute atomic E-state index is 0.00722. The summed E-state index contributed by atoms with van der Waals surface area (Å²) in [6, 6.07) is -0.194. The van der Waals surface area contributed by atoms with Gasteiger partial charge in [0, 0.05) is 25.2 Å². The molecule has 1 aromatic heterocycles. The molecule has 2 atom stereocenters. The maximum absolute atomic E-state index is 14.5. The first-order valence-electron chi connectivity index (χ1n) is 5.82. The monoisotopic (exact) mass is 298 g/mol. The molecule has 0 saturated carbocycles. The predicted octanol–water partition coefficient (Wildman–Crippen LogP) is 2.73. The third-order valence-electron chi connectivity index (χ3n) is 2.89. The van der Waals surface area contributed by atoms with Gasteiger partial charge in [0.1, 0.15) is 5.67 Å². The number of nitrogens with one attached hydrogen (secondary N) is 1. The summed E-state index contributed by atoms with van der Waals surface area (Å²) in [7, 11) is 0. The molecule has 0 amide bonds. The Balaban J connectivity index is 2.08. The molecule has 2 heterocycles. The Morgan fingerprint density at radius 2 is 2.21 bits per heavy atom. The molecule has 1 fully saturated rings. The number of alkyl halides is 4. The van der Waals surface area contributed by atoms with E-state index >= 15 is 0 Å². The third-order valence-corrected chi connectivity index (χ3v) is 4.17. The number of ether oxygens (including phenoxy) is 1. The van der Waals surface area contributed by atoms with Crippen molar-refractivity contribution in [1.29, 1.82) is 0 Å². The van der Waals surface area contributed by atoms with Gasteiger partial charge in [-0.05, 0) is 6.92 Å². The molecule has 2 unspecified atom stereocenters. The fourth-order valence-corrected chi connectivity index (χ4v) is 2.79. The number of halogens is 4. The summed E-state index contributed by atoms with van der Waals surface area (Å²) in [5, 5.41) is 2.06. The van der Waals surface area contributed by atoms with Crippen LogP contribution in [0, 0.1) is 0 Å². The second-order valence-electron chi connectivity index (χ2n) is 4.65. The maximum Gasteiger partial charge on any atom is 0.443 e. The minimum Gasteiger partial charge on any atom is -0.379 e. The van der Waals surface area contributed by atoms with E-state index in [0.717, 1.165) is 6.20 Å². The Kier molecular flexibility index (Phi) is 4.12. The molecule has 8 heteroatoms.